The molecule has 0 aliphatic carbocycles. The zero-order chi connectivity index (χ0) is 20.4. The molecule has 9 nitrogen and oxygen atoms in total. The van der Waals surface area contributed by atoms with Crippen molar-refractivity contribution in [2.45, 2.75) is 33.2 Å². The number of fused-ring (bicyclic) bond motifs is 1. The van der Waals surface area contributed by atoms with E-state index in [1.807, 2.05) is 6.92 Å². The first-order chi connectivity index (χ1) is 13.3. The van der Waals surface area contributed by atoms with Crippen LogP contribution in [0, 0.1) is 0 Å². The second-order valence-corrected chi connectivity index (χ2v) is 6.47. The van der Waals surface area contributed by atoms with Crippen LogP contribution in [0.2, 0.25) is 0 Å². The van der Waals surface area contributed by atoms with Gasteiger partial charge in [-0.1, -0.05) is 13.3 Å². The third-order valence-corrected chi connectivity index (χ3v) is 4.35. The summed E-state index contributed by atoms with van der Waals surface area (Å²) in [5.41, 5.74) is 0.333. The lowest BCUT2D eigenvalue weighted by molar-refractivity contribution is -0.143. The molecule has 0 spiro atoms. The van der Waals surface area contributed by atoms with E-state index < -0.39 is 23.5 Å². The molecular weight excluding hydrogens is 366 g/mol. The fraction of sp³-hybridized carbons (Fsp3) is 0.316. The summed E-state index contributed by atoms with van der Waals surface area (Å²) in [6, 6.07) is 5.19. The number of carbonyl (C=O) groups is 4. The van der Waals surface area contributed by atoms with Gasteiger partial charge in [-0.05, 0) is 24.1 Å². The van der Waals surface area contributed by atoms with Gasteiger partial charge in [0.1, 0.15) is 5.58 Å². The molecule has 3 rings (SSSR count). The Hall–Kier alpha value is -3.49. The van der Waals surface area contributed by atoms with Gasteiger partial charge in [-0.3, -0.25) is 24.2 Å². The summed E-state index contributed by atoms with van der Waals surface area (Å²) >= 11 is 0. The smallest absolute Gasteiger partial charge is 0.336 e. The summed E-state index contributed by atoms with van der Waals surface area (Å²) in [6.45, 7) is 3.21. The second-order valence-electron chi connectivity index (χ2n) is 6.47. The molecule has 1 aliphatic heterocycles. The summed E-state index contributed by atoms with van der Waals surface area (Å²) in [7, 11) is 0. The number of amides is 5. The van der Waals surface area contributed by atoms with E-state index in [2.05, 4.69) is 5.32 Å². The molecule has 0 bridgehead atoms. The SMILES string of the molecule is CCCCN1C(=O)C(=O)N(Cc2cc(=O)oc3cc(NC(C)=O)ccc23)C1=O. The van der Waals surface area contributed by atoms with E-state index in [0.29, 0.717) is 23.1 Å². The number of nitrogens with one attached hydrogen (secondary N) is 1. The largest absolute Gasteiger partial charge is 0.423 e. The van der Waals surface area contributed by atoms with E-state index in [4.69, 9.17) is 4.42 Å². The van der Waals surface area contributed by atoms with Crippen LogP contribution in [0.25, 0.3) is 11.0 Å². The van der Waals surface area contributed by atoms with Gasteiger partial charge in [-0.25, -0.2) is 9.59 Å². The van der Waals surface area contributed by atoms with Gasteiger partial charge < -0.3 is 9.73 Å². The van der Waals surface area contributed by atoms with Crippen molar-refractivity contribution in [3.8, 4) is 0 Å². The number of benzene rings is 1. The first-order valence-corrected chi connectivity index (χ1v) is 8.83. The third-order valence-electron chi connectivity index (χ3n) is 4.35. The minimum atomic E-state index is -0.919. The van der Waals surface area contributed by atoms with E-state index >= 15 is 0 Å². The van der Waals surface area contributed by atoms with Gasteiger partial charge in [0.25, 0.3) is 0 Å². The van der Waals surface area contributed by atoms with Crippen molar-refractivity contribution in [1.82, 2.24) is 9.80 Å². The van der Waals surface area contributed by atoms with Gasteiger partial charge in [0.15, 0.2) is 0 Å². The maximum Gasteiger partial charge on any atom is 0.336 e. The van der Waals surface area contributed by atoms with Crippen LogP contribution in [-0.2, 0) is 20.9 Å². The maximum absolute atomic E-state index is 12.5. The zero-order valence-electron chi connectivity index (χ0n) is 15.5. The van der Waals surface area contributed by atoms with Crippen molar-refractivity contribution in [3.05, 3.63) is 40.2 Å². The van der Waals surface area contributed by atoms with E-state index in [0.717, 1.165) is 16.2 Å². The molecule has 2 aromatic rings. The van der Waals surface area contributed by atoms with Crippen LogP contribution in [0.5, 0.6) is 0 Å². The van der Waals surface area contributed by atoms with Crippen LogP contribution in [0.15, 0.2) is 33.5 Å². The average Bonchev–Trinajstić information content (AvgIpc) is 2.82. The van der Waals surface area contributed by atoms with Crippen molar-refractivity contribution in [2.75, 3.05) is 11.9 Å². The number of urea groups is 1. The van der Waals surface area contributed by atoms with Crippen molar-refractivity contribution in [2.24, 2.45) is 0 Å². The van der Waals surface area contributed by atoms with E-state index in [1.165, 1.54) is 19.1 Å². The van der Waals surface area contributed by atoms with E-state index in [-0.39, 0.29) is 24.6 Å². The predicted octanol–water partition coefficient (Wildman–Crippen LogP) is 1.84. The van der Waals surface area contributed by atoms with Crippen LogP contribution in [0.3, 0.4) is 0 Å². The highest BCUT2D eigenvalue weighted by Crippen LogP contribution is 2.24. The van der Waals surface area contributed by atoms with Gasteiger partial charge in [0, 0.05) is 36.7 Å². The Morgan fingerprint density at radius 2 is 1.79 bits per heavy atom. The number of unbranched alkanes of at least 4 members (excludes halogenated alkanes) is 1. The Morgan fingerprint density at radius 1 is 1.07 bits per heavy atom. The number of nitrogens with zero attached hydrogens (tertiary/aromatic N) is 2. The fourth-order valence-corrected chi connectivity index (χ4v) is 3.02. The lowest BCUT2D eigenvalue weighted by Crippen LogP contribution is -2.33. The van der Waals surface area contributed by atoms with Crippen LogP contribution in [-0.4, -0.2) is 40.1 Å². The summed E-state index contributed by atoms with van der Waals surface area (Å²) in [5.74, 6) is -2.06. The molecule has 1 fully saturated rings. The zero-order valence-corrected chi connectivity index (χ0v) is 15.5. The van der Waals surface area contributed by atoms with Gasteiger partial charge in [-0.15, -0.1) is 0 Å². The lowest BCUT2D eigenvalue weighted by Gasteiger charge is -2.16. The topological polar surface area (TPSA) is 117 Å². The van der Waals surface area contributed by atoms with Crippen LogP contribution in [0.4, 0.5) is 10.5 Å². The standard InChI is InChI=1S/C19H19N3O6/c1-3-4-7-21-17(25)18(26)22(19(21)27)10-12-8-16(24)28-15-9-13(20-11(2)23)5-6-14(12)15/h5-6,8-9H,3-4,7,10H2,1-2H3,(H,20,23). The predicted molar refractivity (Wildman–Crippen MR) is 99.4 cm³/mol. The Labute approximate surface area is 159 Å². The van der Waals surface area contributed by atoms with Gasteiger partial charge >= 0.3 is 23.5 Å². The first-order valence-electron chi connectivity index (χ1n) is 8.83. The Kier molecular flexibility index (Phi) is 5.25. The molecule has 0 unspecified atom stereocenters. The van der Waals surface area contributed by atoms with Crippen LogP contribution in [0.1, 0.15) is 32.3 Å². The monoisotopic (exact) mass is 385 g/mol. The first kappa shape index (κ1) is 19.3. The Morgan fingerprint density at radius 3 is 2.46 bits per heavy atom. The summed E-state index contributed by atoms with van der Waals surface area (Å²) in [6.07, 6.45) is 1.37. The number of imide groups is 2. The third kappa shape index (κ3) is 3.64. The molecule has 1 aromatic carbocycles. The van der Waals surface area contributed by atoms with Crippen LogP contribution < -0.4 is 10.9 Å². The van der Waals surface area contributed by atoms with Crippen molar-refractivity contribution in [1.29, 1.82) is 0 Å². The van der Waals surface area contributed by atoms with Gasteiger partial charge in [-0.2, -0.15) is 0 Å². The van der Waals surface area contributed by atoms with Gasteiger partial charge in [0.05, 0.1) is 6.54 Å². The normalized spacial score (nSPS) is 14.3. The minimum absolute atomic E-state index is 0.175. The highest BCUT2D eigenvalue weighted by Gasteiger charge is 2.44. The molecule has 0 atom stereocenters. The number of hydrogen-bond acceptors (Lipinski definition) is 6. The van der Waals surface area contributed by atoms with Crippen LogP contribution >= 0.6 is 0 Å². The molecule has 1 saturated heterocycles. The summed E-state index contributed by atoms with van der Waals surface area (Å²) in [5, 5.41) is 3.08. The molecule has 28 heavy (non-hydrogen) atoms. The number of hydrogen-bond donors (Lipinski definition) is 1. The lowest BCUT2D eigenvalue weighted by atomic mass is 10.1. The van der Waals surface area contributed by atoms with Crippen molar-refractivity contribution in [3.63, 3.8) is 0 Å². The molecule has 1 N–H and O–H groups in total. The Bertz CT molecular complexity index is 1040. The molecule has 5 amide bonds. The van der Waals surface area contributed by atoms with E-state index in [9.17, 15) is 24.0 Å². The fourth-order valence-electron chi connectivity index (χ4n) is 3.02. The molecule has 2 heterocycles. The quantitative estimate of drug-likeness (QED) is 0.461. The summed E-state index contributed by atoms with van der Waals surface area (Å²) < 4.78 is 5.17. The van der Waals surface area contributed by atoms with Crippen molar-refractivity contribution < 1.29 is 23.6 Å². The average molecular weight is 385 g/mol. The summed E-state index contributed by atoms with van der Waals surface area (Å²) in [4.78, 5) is 61.7. The highest BCUT2D eigenvalue weighted by atomic mass is 16.4. The highest BCUT2D eigenvalue weighted by molar-refractivity contribution is 6.44. The van der Waals surface area contributed by atoms with Crippen molar-refractivity contribution >= 4 is 40.4 Å². The van der Waals surface area contributed by atoms with E-state index in [1.54, 1.807) is 12.1 Å². The molecule has 9 heteroatoms. The Balaban J connectivity index is 1.94. The molecule has 1 aromatic heterocycles. The number of anilines is 1. The minimum Gasteiger partial charge on any atom is -0.423 e. The number of carbonyl (C=O) groups excluding carboxylic acids is 4. The molecule has 0 saturated carbocycles. The molecule has 1 aliphatic rings. The molecular formula is C19H19N3O6. The number of rotatable bonds is 6. The van der Waals surface area contributed by atoms with Gasteiger partial charge in [0.2, 0.25) is 5.91 Å². The maximum atomic E-state index is 12.5. The second kappa shape index (κ2) is 7.63. The molecule has 0 radical (unpaired) electrons. The molecule has 146 valence electrons.